The monoisotopic (exact) mass is 245 g/mol. The molecule has 0 radical (unpaired) electrons. The fourth-order valence-corrected chi connectivity index (χ4v) is 1.54. The number of benzene rings is 1. The van der Waals surface area contributed by atoms with E-state index in [4.69, 9.17) is 4.74 Å². The number of hydrogen-bond acceptors (Lipinski definition) is 3. The fourth-order valence-electron chi connectivity index (χ4n) is 1.54. The molecule has 0 aliphatic carbocycles. The van der Waals surface area contributed by atoms with E-state index in [9.17, 15) is 0 Å². The van der Waals surface area contributed by atoms with E-state index in [1.165, 1.54) is 0 Å². The Hall–Kier alpha value is -1.97. The van der Waals surface area contributed by atoms with Gasteiger partial charge in [0.15, 0.2) is 0 Å². The first-order valence-corrected chi connectivity index (χ1v) is 6.19. The van der Waals surface area contributed by atoms with E-state index in [1.807, 2.05) is 30.3 Å². The quantitative estimate of drug-likeness (QED) is 0.822. The highest BCUT2D eigenvalue weighted by Gasteiger charge is 1.99. The number of nitrogens with one attached hydrogen (secondary N) is 2. The summed E-state index contributed by atoms with van der Waals surface area (Å²) >= 11 is 0. The lowest BCUT2D eigenvalue weighted by molar-refractivity contribution is 0.271. The third-order valence-corrected chi connectivity index (χ3v) is 2.46. The second-order valence-corrected chi connectivity index (χ2v) is 4.67. The molecule has 4 nitrogen and oxygen atoms in total. The molecule has 0 fully saturated rings. The molecule has 96 valence electrons. The van der Waals surface area contributed by atoms with Crippen molar-refractivity contribution in [3.05, 3.63) is 42.2 Å². The Morgan fingerprint density at radius 2 is 2.22 bits per heavy atom. The lowest BCUT2D eigenvalue weighted by Crippen LogP contribution is -2.05. The van der Waals surface area contributed by atoms with Crippen LogP contribution in [0.5, 0.6) is 5.75 Å². The molecule has 0 bridgehead atoms. The van der Waals surface area contributed by atoms with Crippen LogP contribution in [0.1, 0.15) is 19.5 Å². The Kier molecular flexibility index (Phi) is 4.23. The van der Waals surface area contributed by atoms with Crippen molar-refractivity contribution in [3.63, 3.8) is 0 Å². The van der Waals surface area contributed by atoms with Crippen LogP contribution in [0.15, 0.2) is 36.5 Å². The zero-order valence-corrected chi connectivity index (χ0v) is 10.8. The van der Waals surface area contributed by atoms with E-state index in [1.54, 1.807) is 6.20 Å². The van der Waals surface area contributed by atoms with Crippen LogP contribution < -0.4 is 10.1 Å². The fraction of sp³-hybridized carbons (Fsp3) is 0.357. The molecular formula is C14H19N3O. The van der Waals surface area contributed by atoms with Crippen LogP contribution in [0.3, 0.4) is 0 Å². The van der Waals surface area contributed by atoms with Gasteiger partial charge < -0.3 is 10.1 Å². The summed E-state index contributed by atoms with van der Waals surface area (Å²) in [6.45, 7) is 5.75. The third-order valence-electron chi connectivity index (χ3n) is 2.46. The molecule has 0 saturated heterocycles. The van der Waals surface area contributed by atoms with E-state index in [0.717, 1.165) is 30.3 Å². The van der Waals surface area contributed by atoms with E-state index in [-0.39, 0.29) is 0 Å². The second-order valence-electron chi connectivity index (χ2n) is 4.67. The van der Waals surface area contributed by atoms with Crippen LogP contribution in [-0.4, -0.2) is 16.8 Å². The Balaban J connectivity index is 1.90. The van der Waals surface area contributed by atoms with Crippen molar-refractivity contribution in [2.45, 2.75) is 20.4 Å². The minimum absolute atomic E-state index is 0.534. The van der Waals surface area contributed by atoms with Crippen molar-refractivity contribution in [3.8, 4) is 5.75 Å². The SMILES string of the molecule is CC(C)COc1cccc(NCc2ccn[nH]2)c1. The topological polar surface area (TPSA) is 49.9 Å². The zero-order valence-electron chi connectivity index (χ0n) is 10.8. The first kappa shape index (κ1) is 12.5. The number of anilines is 1. The summed E-state index contributed by atoms with van der Waals surface area (Å²) in [5, 5.41) is 10.2. The average molecular weight is 245 g/mol. The van der Waals surface area contributed by atoms with Gasteiger partial charge in [0.25, 0.3) is 0 Å². The normalized spacial score (nSPS) is 10.6. The van der Waals surface area contributed by atoms with Gasteiger partial charge in [-0.1, -0.05) is 19.9 Å². The molecule has 1 heterocycles. The first-order chi connectivity index (χ1) is 8.74. The van der Waals surface area contributed by atoms with Crippen molar-refractivity contribution >= 4 is 5.69 Å². The lowest BCUT2D eigenvalue weighted by atomic mass is 10.2. The van der Waals surface area contributed by atoms with E-state index >= 15 is 0 Å². The number of nitrogens with zero attached hydrogens (tertiary/aromatic N) is 1. The largest absolute Gasteiger partial charge is 0.493 e. The molecular weight excluding hydrogens is 226 g/mol. The number of aromatic amines is 1. The first-order valence-electron chi connectivity index (χ1n) is 6.19. The number of hydrogen-bond donors (Lipinski definition) is 2. The molecule has 2 aromatic rings. The summed E-state index contributed by atoms with van der Waals surface area (Å²) < 4.78 is 5.68. The summed E-state index contributed by atoms with van der Waals surface area (Å²) in [6.07, 6.45) is 1.75. The molecule has 18 heavy (non-hydrogen) atoms. The van der Waals surface area contributed by atoms with Gasteiger partial charge in [-0.25, -0.2) is 0 Å². The smallest absolute Gasteiger partial charge is 0.121 e. The van der Waals surface area contributed by atoms with Gasteiger partial charge in [-0.3, -0.25) is 5.10 Å². The molecule has 0 amide bonds. The number of ether oxygens (including phenoxy) is 1. The molecule has 2 N–H and O–H groups in total. The Labute approximate surface area is 107 Å². The van der Waals surface area contributed by atoms with E-state index < -0.39 is 0 Å². The average Bonchev–Trinajstić information content (AvgIpc) is 2.87. The van der Waals surface area contributed by atoms with Crippen LogP contribution in [0.2, 0.25) is 0 Å². The summed E-state index contributed by atoms with van der Waals surface area (Å²) in [6, 6.07) is 9.96. The molecule has 4 heteroatoms. The number of aromatic nitrogens is 2. The molecule has 0 atom stereocenters. The van der Waals surface area contributed by atoms with Gasteiger partial charge in [0.05, 0.1) is 18.8 Å². The van der Waals surface area contributed by atoms with Crippen LogP contribution in [-0.2, 0) is 6.54 Å². The Morgan fingerprint density at radius 1 is 1.33 bits per heavy atom. The molecule has 0 unspecified atom stereocenters. The minimum Gasteiger partial charge on any atom is -0.493 e. The summed E-state index contributed by atoms with van der Waals surface area (Å²) in [7, 11) is 0. The summed E-state index contributed by atoms with van der Waals surface area (Å²) in [5.74, 6) is 1.44. The second kappa shape index (κ2) is 6.10. The van der Waals surface area contributed by atoms with Gasteiger partial charge in [-0.05, 0) is 24.1 Å². The van der Waals surface area contributed by atoms with Gasteiger partial charge in [0.1, 0.15) is 5.75 Å². The third kappa shape index (κ3) is 3.80. The molecule has 0 aliphatic heterocycles. The molecule has 1 aromatic carbocycles. The number of H-pyrrole nitrogens is 1. The van der Waals surface area contributed by atoms with Gasteiger partial charge in [0.2, 0.25) is 0 Å². The van der Waals surface area contributed by atoms with Crippen molar-refractivity contribution in [2.24, 2.45) is 5.92 Å². The maximum atomic E-state index is 5.68. The standard InChI is InChI=1S/C14H19N3O/c1-11(2)10-18-14-5-3-4-12(8-14)15-9-13-6-7-16-17-13/h3-8,11,15H,9-10H2,1-2H3,(H,16,17). The summed E-state index contributed by atoms with van der Waals surface area (Å²) in [5.41, 5.74) is 2.11. The predicted octanol–water partition coefficient (Wildman–Crippen LogP) is 3.06. The van der Waals surface area contributed by atoms with Gasteiger partial charge in [-0.2, -0.15) is 5.10 Å². The van der Waals surface area contributed by atoms with Crippen molar-refractivity contribution in [2.75, 3.05) is 11.9 Å². The highest BCUT2D eigenvalue weighted by atomic mass is 16.5. The van der Waals surface area contributed by atoms with E-state index in [2.05, 4.69) is 29.4 Å². The van der Waals surface area contributed by atoms with Gasteiger partial charge in [0, 0.05) is 18.0 Å². The van der Waals surface area contributed by atoms with Crippen molar-refractivity contribution in [1.29, 1.82) is 0 Å². The molecule has 0 spiro atoms. The maximum Gasteiger partial charge on any atom is 0.121 e. The van der Waals surface area contributed by atoms with Gasteiger partial charge in [-0.15, -0.1) is 0 Å². The van der Waals surface area contributed by atoms with Crippen molar-refractivity contribution in [1.82, 2.24) is 10.2 Å². The molecule has 1 aromatic heterocycles. The van der Waals surface area contributed by atoms with Crippen molar-refractivity contribution < 1.29 is 4.74 Å². The lowest BCUT2D eigenvalue weighted by Gasteiger charge is -2.10. The van der Waals surface area contributed by atoms with Crippen LogP contribution in [0.25, 0.3) is 0 Å². The van der Waals surface area contributed by atoms with Gasteiger partial charge >= 0.3 is 0 Å². The highest BCUT2D eigenvalue weighted by molar-refractivity contribution is 5.48. The predicted molar refractivity (Wildman–Crippen MR) is 72.7 cm³/mol. The maximum absolute atomic E-state index is 5.68. The minimum atomic E-state index is 0.534. The van der Waals surface area contributed by atoms with E-state index in [0.29, 0.717) is 5.92 Å². The Bertz CT molecular complexity index is 466. The van der Waals surface area contributed by atoms with Crippen LogP contribution in [0, 0.1) is 5.92 Å². The van der Waals surface area contributed by atoms with Crippen LogP contribution in [0.4, 0.5) is 5.69 Å². The molecule has 0 saturated carbocycles. The molecule has 0 aliphatic rings. The van der Waals surface area contributed by atoms with Crippen LogP contribution >= 0.6 is 0 Å². The molecule has 2 rings (SSSR count). The summed E-state index contributed by atoms with van der Waals surface area (Å²) in [4.78, 5) is 0. The Morgan fingerprint density at radius 3 is 2.94 bits per heavy atom. The number of rotatable bonds is 6. The zero-order chi connectivity index (χ0) is 12.8. The highest BCUT2D eigenvalue weighted by Crippen LogP contribution is 2.18.